The third-order valence-corrected chi connectivity index (χ3v) is 5.59. The molecule has 1 saturated heterocycles. The lowest BCUT2D eigenvalue weighted by Gasteiger charge is -2.13. The number of carbonyl (C=O) groups excluding carboxylic acids is 3. The first-order chi connectivity index (χ1) is 15.0. The van der Waals surface area contributed by atoms with Crippen LogP contribution in [-0.2, 0) is 9.59 Å². The van der Waals surface area contributed by atoms with Gasteiger partial charge in [-0.05, 0) is 49.4 Å². The average molecular weight is 440 g/mol. The lowest BCUT2D eigenvalue weighted by molar-refractivity contribution is -0.127. The van der Waals surface area contributed by atoms with Crippen LogP contribution < -0.4 is 19.5 Å². The molecule has 9 heteroatoms. The zero-order valence-electron chi connectivity index (χ0n) is 17.0. The van der Waals surface area contributed by atoms with Gasteiger partial charge in [-0.2, -0.15) is 0 Å². The second-order valence-corrected chi connectivity index (χ2v) is 7.80. The molecule has 4 rings (SSSR count). The number of ether oxygens (including phenoxy) is 3. The molecule has 8 nitrogen and oxygen atoms in total. The SMILES string of the molecule is CCOc1cc2c(cc1/C=C1/SC(=O)N(CC(=O)Nc3ccccc3C)C1=O)OCO2. The van der Waals surface area contributed by atoms with Crippen molar-refractivity contribution >= 4 is 40.6 Å². The number of para-hydroxylation sites is 1. The molecule has 2 aromatic rings. The number of rotatable bonds is 6. The highest BCUT2D eigenvalue weighted by Crippen LogP contribution is 2.41. The molecule has 0 aliphatic carbocycles. The molecule has 2 heterocycles. The van der Waals surface area contributed by atoms with Crippen molar-refractivity contribution in [2.75, 3.05) is 25.3 Å². The number of hydrogen-bond donors (Lipinski definition) is 1. The fourth-order valence-electron chi connectivity index (χ4n) is 3.16. The largest absolute Gasteiger partial charge is 0.493 e. The molecule has 1 N–H and O–H groups in total. The second-order valence-electron chi connectivity index (χ2n) is 6.81. The molecule has 0 radical (unpaired) electrons. The Labute approximate surface area is 183 Å². The summed E-state index contributed by atoms with van der Waals surface area (Å²) in [5, 5.41) is 2.23. The number of benzene rings is 2. The summed E-state index contributed by atoms with van der Waals surface area (Å²) < 4.78 is 16.4. The zero-order valence-corrected chi connectivity index (χ0v) is 17.8. The number of nitrogens with one attached hydrogen (secondary N) is 1. The van der Waals surface area contributed by atoms with Gasteiger partial charge in [0.1, 0.15) is 12.3 Å². The third kappa shape index (κ3) is 4.36. The molecule has 1 fully saturated rings. The highest BCUT2D eigenvalue weighted by atomic mass is 32.2. The minimum atomic E-state index is -0.532. The number of aryl methyl sites for hydroxylation is 1. The van der Waals surface area contributed by atoms with Crippen molar-refractivity contribution in [1.82, 2.24) is 4.90 Å². The molecule has 0 unspecified atom stereocenters. The summed E-state index contributed by atoms with van der Waals surface area (Å²) in [5.74, 6) is 0.620. The quantitative estimate of drug-likeness (QED) is 0.683. The van der Waals surface area contributed by atoms with Crippen molar-refractivity contribution in [3.05, 3.63) is 52.4 Å². The van der Waals surface area contributed by atoms with Crippen molar-refractivity contribution in [3.63, 3.8) is 0 Å². The van der Waals surface area contributed by atoms with E-state index in [1.807, 2.05) is 26.0 Å². The van der Waals surface area contributed by atoms with Gasteiger partial charge in [0.2, 0.25) is 12.7 Å². The fraction of sp³-hybridized carbons (Fsp3) is 0.227. The first-order valence-corrected chi connectivity index (χ1v) is 10.4. The Balaban J connectivity index is 1.52. The van der Waals surface area contributed by atoms with E-state index >= 15 is 0 Å². The predicted molar refractivity (Wildman–Crippen MR) is 116 cm³/mol. The van der Waals surface area contributed by atoms with Crippen molar-refractivity contribution in [3.8, 4) is 17.2 Å². The van der Waals surface area contributed by atoms with Gasteiger partial charge in [-0.1, -0.05) is 18.2 Å². The van der Waals surface area contributed by atoms with E-state index in [4.69, 9.17) is 14.2 Å². The van der Waals surface area contributed by atoms with Crippen molar-refractivity contribution in [2.24, 2.45) is 0 Å². The van der Waals surface area contributed by atoms with Crippen LogP contribution in [0.1, 0.15) is 18.1 Å². The van der Waals surface area contributed by atoms with Crippen LogP contribution in [0.5, 0.6) is 17.2 Å². The first kappa shape index (κ1) is 20.8. The van der Waals surface area contributed by atoms with Crippen LogP contribution in [0.25, 0.3) is 6.08 Å². The van der Waals surface area contributed by atoms with Crippen LogP contribution in [0.3, 0.4) is 0 Å². The minimum absolute atomic E-state index is 0.108. The van der Waals surface area contributed by atoms with Gasteiger partial charge in [-0.25, -0.2) is 0 Å². The number of hydrogen-bond acceptors (Lipinski definition) is 7. The normalized spacial score (nSPS) is 16.2. The highest BCUT2D eigenvalue weighted by molar-refractivity contribution is 8.18. The number of thioether (sulfide) groups is 1. The average Bonchev–Trinajstić information content (AvgIpc) is 3.29. The van der Waals surface area contributed by atoms with Gasteiger partial charge in [0, 0.05) is 17.3 Å². The van der Waals surface area contributed by atoms with Gasteiger partial charge in [0.15, 0.2) is 11.5 Å². The third-order valence-electron chi connectivity index (χ3n) is 4.69. The summed E-state index contributed by atoms with van der Waals surface area (Å²) in [7, 11) is 0. The second kappa shape index (κ2) is 8.73. The van der Waals surface area contributed by atoms with E-state index in [1.165, 1.54) is 0 Å². The van der Waals surface area contributed by atoms with Crippen molar-refractivity contribution < 1.29 is 28.6 Å². The summed E-state index contributed by atoms with van der Waals surface area (Å²) in [6.07, 6.45) is 1.57. The van der Waals surface area contributed by atoms with Gasteiger partial charge >= 0.3 is 0 Å². The summed E-state index contributed by atoms with van der Waals surface area (Å²) in [4.78, 5) is 38.8. The maximum absolute atomic E-state index is 12.8. The van der Waals surface area contributed by atoms with Gasteiger partial charge in [0.25, 0.3) is 11.1 Å². The number of amides is 3. The Bertz CT molecular complexity index is 1100. The molecule has 0 saturated carbocycles. The molecular formula is C22H20N2O6S. The van der Waals surface area contributed by atoms with Crippen LogP contribution in [0.15, 0.2) is 41.3 Å². The summed E-state index contributed by atoms with van der Waals surface area (Å²) in [6.45, 7) is 3.86. The Kier molecular flexibility index (Phi) is 5.85. The molecule has 2 aliphatic heterocycles. The van der Waals surface area contributed by atoms with E-state index in [1.54, 1.807) is 30.3 Å². The van der Waals surface area contributed by atoms with Crippen LogP contribution in [0.4, 0.5) is 10.5 Å². The maximum atomic E-state index is 12.8. The van der Waals surface area contributed by atoms with Crippen LogP contribution in [0.2, 0.25) is 0 Å². The molecule has 2 aliphatic rings. The van der Waals surface area contributed by atoms with E-state index in [0.29, 0.717) is 35.1 Å². The van der Waals surface area contributed by atoms with Gasteiger partial charge in [0.05, 0.1) is 11.5 Å². The van der Waals surface area contributed by atoms with Gasteiger partial charge in [-0.15, -0.1) is 0 Å². The van der Waals surface area contributed by atoms with E-state index in [-0.39, 0.29) is 18.2 Å². The number of nitrogens with zero attached hydrogens (tertiary/aromatic N) is 1. The summed E-state index contributed by atoms with van der Waals surface area (Å²) in [5.41, 5.74) is 2.11. The molecular weight excluding hydrogens is 420 g/mol. The zero-order chi connectivity index (χ0) is 22.0. The van der Waals surface area contributed by atoms with E-state index in [9.17, 15) is 14.4 Å². The Morgan fingerprint density at radius 1 is 1.23 bits per heavy atom. The van der Waals surface area contributed by atoms with Gasteiger partial charge < -0.3 is 19.5 Å². The smallest absolute Gasteiger partial charge is 0.294 e. The minimum Gasteiger partial charge on any atom is -0.493 e. The molecule has 2 aromatic carbocycles. The lowest BCUT2D eigenvalue weighted by Crippen LogP contribution is -2.36. The summed E-state index contributed by atoms with van der Waals surface area (Å²) >= 11 is 0.779. The van der Waals surface area contributed by atoms with E-state index in [2.05, 4.69) is 5.32 Å². The molecule has 160 valence electrons. The molecule has 0 atom stereocenters. The Hall–Kier alpha value is -3.46. The van der Waals surface area contributed by atoms with Crippen molar-refractivity contribution in [2.45, 2.75) is 13.8 Å². The van der Waals surface area contributed by atoms with Gasteiger partial charge in [-0.3, -0.25) is 19.3 Å². The number of anilines is 1. The Morgan fingerprint density at radius 3 is 2.71 bits per heavy atom. The number of fused-ring (bicyclic) bond motifs is 1. The Morgan fingerprint density at radius 2 is 1.97 bits per heavy atom. The molecule has 0 spiro atoms. The fourth-order valence-corrected chi connectivity index (χ4v) is 3.99. The van der Waals surface area contributed by atoms with Crippen molar-refractivity contribution in [1.29, 1.82) is 0 Å². The molecule has 3 amide bonds. The molecule has 31 heavy (non-hydrogen) atoms. The van der Waals surface area contributed by atoms with E-state index < -0.39 is 17.1 Å². The summed E-state index contributed by atoms with van der Waals surface area (Å²) in [6, 6.07) is 10.7. The first-order valence-electron chi connectivity index (χ1n) is 9.63. The van der Waals surface area contributed by atoms with Crippen LogP contribution in [-0.4, -0.2) is 41.9 Å². The highest BCUT2D eigenvalue weighted by Gasteiger charge is 2.36. The molecule has 0 aromatic heterocycles. The van der Waals surface area contributed by atoms with Crippen LogP contribution in [0, 0.1) is 6.92 Å². The predicted octanol–water partition coefficient (Wildman–Crippen LogP) is 3.80. The standard InChI is InChI=1S/C22H20N2O6S/c1-3-28-16-10-18-17(29-12-30-18)8-14(16)9-19-21(26)24(22(27)31-19)11-20(25)23-15-7-5-4-6-13(15)2/h4-10H,3,11-12H2,1-2H3,(H,23,25)/b19-9+. The monoisotopic (exact) mass is 440 g/mol. The topological polar surface area (TPSA) is 94.2 Å². The maximum Gasteiger partial charge on any atom is 0.294 e. The number of imide groups is 1. The lowest BCUT2D eigenvalue weighted by atomic mass is 10.1. The van der Waals surface area contributed by atoms with E-state index in [0.717, 1.165) is 22.2 Å². The van der Waals surface area contributed by atoms with Crippen LogP contribution >= 0.6 is 11.8 Å². The molecule has 0 bridgehead atoms. The number of carbonyl (C=O) groups is 3.